The van der Waals surface area contributed by atoms with Crippen LogP contribution in [0.3, 0.4) is 0 Å². The molecule has 6 nitrogen and oxygen atoms in total. The average Bonchev–Trinajstić information content (AvgIpc) is 3.11. The van der Waals surface area contributed by atoms with Gasteiger partial charge in [-0.3, -0.25) is 9.59 Å². The Bertz CT molecular complexity index is 988. The Kier molecular flexibility index (Phi) is 5.02. The Morgan fingerprint density at radius 2 is 1.71 bits per heavy atom. The van der Waals surface area contributed by atoms with Gasteiger partial charge in [-0.05, 0) is 31.0 Å². The van der Waals surface area contributed by atoms with E-state index in [0.717, 1.165) is 16.7 Å². The summed E-state index contributed by atoms with van der Waals surface area (Å²) in [5.41, 5.74) is 6.79. The Balaban J connectivity index is 1.59. The number of benzene rings is 2. The number of hydrogen-bond donors (Lipinski definition) is 1. The lowest BCUT2D eigenvalue weighted by molar-refractivity contribution is -0.123. The van der Waals surface area contributed by atoms with E-state index >= 15 is 0 Å². The normalized spacial score (nSPS) is 14.9. The van der Waals surface area contributed by atoms with Gasteiger partial charge < -0.3 is 19.8 Å². The summed E-state index contributed by atoms with van der Waals surface area (Å²) in [7, 11) is 0. The summed E-state index contributed by atoms with van der Waals surface area (Å²) in [5.74, 6) is 0.391. The van der Waals surface area contributed by atoms with Gasteiger partial charge in [-0.15, -0.1) is 0 Å². The van der Waals surface area contributed by atoms with E-state index in [2.05, 4.69) is 0 Å². The van der Waals surface area contributed by atoms with Crippen molar-refractivity contribution in [3.05, 3.63) is 65.9 Å². The van der Waals surface area contributed by atoms with Crippen LogP contribution in [-0.4, -0.2) is 29.8 Å². The number of likely N-dealkylation sites (tertiary alicyclic amines) is 1. The second-order valence-electron chi connectivity index (χ2n) is 6.98. The van der Waals surface area contributed by atoms with Crippen LogP contribution >= 0.6 is 0 Å². The predicted molar refractivity (Wildman–Crippen MR) is 105 cm³/mol. The maximum atomic E-state index is 13.1. The molecule has 1 aliphatic rings. The first-order valence-corrected chi connectivity index (χ1v) is 9.40. The molecule has 28 heavy (non-hydrogen) atoms. The first-order chi connectivity index (χ1) is 13.6. The van der Waals surface area contributed by atoms with Crippen molar-refractivity contribution in [2.45, 2.75) is 19.4 Å². The molecule has 6 heteroatoms. The number of furan rings is 1. The van der Waals surface area contributed by atoms with Crippen molar-refractivity contribution in [3.8, 4) is 5.75 Å². The van der Waals surface area contributed by atoms with E-state index < -0.39 is 0 Å². The van der Waals surface area contributed by atoms with Crippen molar-refractivity contribution < 1.29 is 18.7 Å². The number of fused-ring (bicyclic) bond motifs is 1. The van der Waals surface area contributed by atoms with Crippen LogP contribution in [0.2, 0.25) is 0 Å². The van der Waals surface area contributed by atoms with Gasteiger partial charge in [0.25, 0.3) is 5.91 Å². The second-order valence-corrected chi connectivity index (χ2v) is 6.98. The number of para-hydroxylation sites is 2. The van der Waals surface area contributed by atoms with Gasteiger partial charge in [-0.2, -0.15) is 0 Å². The smallest absolute Gasteiger partial charge is 0.290 e. The minimum atomic E-state index is -0.298. The molecule has 0 bridgehead atoms. The van der Waals surface area contributed by atoms with Gasteiger partial charge in [0.2, 0.25) is 5.91 Å². The van der Waals surface area contributed by atoms with Gasteiger partial charge >= 0.3 is 0 Å². The zero-order valence-electron chi connectivity index (χ0n) is 15.5. The van der Waals surface area contributed by atoms with Crippen molar-refractivity contribution in [3.63, 3.8) is 0 Å². The quantitative estimate of drug-likeness (QED) is 0.738. The Hall–Kier alpha value is -3.28. The molecule has 0 atom stereocenters. The van der Waals surface area contributed by atoms with Crippen molar-refractivity contribution >= 4 is 22.8 Å². The number of ether oxygens (including phenoxy) is 1. The van der Waals surface area contributed by atoms with E-state index in [-0.39, 0.29) is 24.3 Å². The Labute approximate surface area is 162 Å². The number of nitrogens with zero attached hydrogens (tertiary/aromatic N) is 1. The molecule has 144 valence electrons. The number of carbonyl (C=O) groups is 2. The zero-order chi connectivity index (χ0) is 19.5. The van der Waals surface area contributed by atoms with E-state index in [1.807, 2.05) is 54.6 Å². The minimum absolute atomic E-state index is 0.166. The summed E-state index contributed by atoms with van der Waals surface area (Å²) < 4.78 is 11.8. The summed E-state index contributed by atoms with van der Waals surface area (Å²) >= 11 is 0. The van der Waals surface area contributed by atoms with Crippen LogP contribution in [0.15, 0.2) is 59.0 Å². The van der Waals surface area contributed by atoms with Crippen molar-refractivity contribution in [1.29, 1.82) is 0 Å². The lowest BCUT2D eigenvalue weighted by Crippen LogP contribution is -2.41. The van der Waals surface area contributed by atoms with Gasteiger partial charge in [0.05, 0.1) is 0 Å². The maximum Gasteiger partial charge on any atom is 0.290 e. The van der Waals surface area contributed by atoms with E-state index in [9.17, 15) is 9.59 Å². The van der Waals surface area contributed by atoms with Crippen molar-refractivity contribution in [2.24, 2.45) is 11.7 Å². The summed E-state index contributed by atoms with van der Waals surface area (Å²) in [6.07, 6.45) is 1.16. The topological polar surface area (TPSA) is 85.8 Å². The maximum absolute atomic E-state index is 13.1. The van der Waals surface area contributed by atoms with E-state index in [1.54, 1.807) is 4.90 Å². The Morgan fingerprint density at radius 1 is 1.04 bits per heavy atom. The van der Waals surface area contributed by atoms with Gasteiger partial charge in [-0.25, -0.2) is 0 Å². The van der Waals surface area contributed by atoms with E-state index in [0.29, 0.717) is 37.3 Å². The van der Waals surface area contributed by atoms with Crippen molar-refractivity contribution in [1.82, 2.24) is 4.90 Å². The van der Waals surface area contributed by atoms with Gasteiger partial charge in [-0.1, -0.05) is 36.4 Å². The number of amides is 2. The lowest BCUT2D eigenvalue weighted by Gasteiger charge is -2.30. The number of nitrogens with two attached hydrogens (primary N) is 1. The van der Waals surface area contributed by atoms with Crippen LogP contribution in [0.25, 0.3) is 11.0 Å². The van der Waals surface area contributed by atoms with Crippen LogP contribution in [0, 0.1) is 5.92 Å². The number of primary amides is 1. The van der Waals surface area contributed by atoms with E-state index in [1.165, 1.54) is 0 Å². The average molecular weight is 378 g/mol. The van der Waals surface area contributed by atoms with Crippen LogP contribution in [-0.2, 0) is 11.4 Å². The standard InChI is InChI=1S/C22H22N2O4/c23-21(25)15-10-12-24(13-11-15)22(26)20-18(14-27-16-6-2-1-3-7-16)17-8-4-5-9-19(17)28-20/h1-9,15H,10-14H2,(H2,23,25). The van der Waals surface area contributed by atoms with E-state index in [4.69, 9.17) is 14.9 Å². The number of hydrogen-bond acceptors (Lipinski definition) is 4. The fourth-order valence-corrected chi connectivity index (χ4v) is 3.60. The van der Waals surface area contributed by atoms with Gasteiger partial charge in [0, 0.05) is 30.0 Å². The molecular weight excluding hydrogens is 356 g/mol. The zero-order valence-corrected chi connectivity index (χ0v) is 15.5. The molecule has 2 N–H and O–H groups in total. The summed E-state index contributed by atoms with van der Waals surface area (Å²) in [5, 5.41) is 0.869. The molecular formula is C22H22N2O4. The summed E-state index contributed by atoms with van der Waals surface area (Å²) in [4.78, 5) is 26.2. The fraction of sp³-hybridized carbons (Fsp3) is 0.273. The molecule has 0 aliphatic carbocycles. The third-order valence-electron chi connectivity index (χ3n) is 5.20. The first-order valence-electron chi connectivity index (χ1n) is 9.40. The summed E-state index contributed by atoms with van der Waals surface area (Å²) in [6, 6.07) is 17.0. The third-order valence-corrected chi connectivity index (χ3v) is 5.20. The van der Waals surface area contributed by atoms with Gasteiger partial charge in [0.1, 0.15) is 17.9 Å². The van der Waals surface area contributed by atoms with Crippen LogP contribution < -0.4 is 10.5 Å². The second kappa shape index (κ2) is 7.76. The Morgan fingerprint density at radius 3 is 2.43 bits per heavy atom. The minimum Gasteiger partial charge on any atom is -0.489 e. The molecule has 1 fully saturated rings. The molecule has 2 aromatic carbocycles. The number of carbonyl (C=O) groups excluding carboxylic acids is 2. The lowest BCUT2D eigenvalue weighted by atomic mass is 9.96. The molecule has 0 saturated carbocycles. The molecule has 1 aliphatic heterocycles. The molecule has 0 unspecified atom stereocenters. The predicted octanol–water partition coefficient (Wildman–Crippen LogP) is 3.35. The molecule has 2 amide bonds. The fourth-order valence-electron chi connectivity index (χ4n) is 3.60. The highest BCUT2D eigenvalue weighted by molar-refractivity contribution is 5.99. The monoisotopic (exact) mass is 378 g/mol. The highest BCUT2D eigenvalue weighted by Gasteiger charge is 2.30. The highest BCUT2D eigenvalue weighted by Crippen LogP contribution is 2.29. The van der Waals surface area contributed by atoms with Crippen LogP contribution in [0.5, 0.6) is 5.75 Å². The SMILES string of the molecule is NC(=O)C1CCN(C(=O)c2oc3ccccc3c2COc2ccccc2)CC1. The van der Waals surface area contributed by atoms with Crippen molar-refractivity contribution in [2.75, 3.05) is 13.1 Å². The third kappa shape index (κ3) is 3.58. The molecule has 0 radical (unpaired) electrons. The molecule has 4 rings (SSSR count). The van der Waals surface area contributed by atoms with Gasteiger partial charge in [0.15, 0.2) is 5.76 Å². The molecule has 3 aromatic rings. The first kappa shape index (κ1) is 18.1. The number of piperidine rings is 1. The highest BCUT2D eigenvalue weighted by atomic mass is 16.5. The molecule has 1 aromatic heterocycles. The number of rotatable bonds is 5. The summed E-state index contributed by atoms with van der Waals surface area (Å²) in [6.45, 7) is 1.21. The van der Waals surface area contributed by atoms with Crippen LogP contribution in [0.4, 0.5) is 0 Å². The molecule has 0 spiro atoms. The van der Waals surface area contributed by atoms with Crippen LogP contribution in [0.1, 0.15) is 29.0 Å². The largest absolute Gasteiger partial charge is 0.489 e. The molecule has 2 heterocycles. The molecule has 1 saturated heterocycles.